The van der Waals surface area contributed by atoms with Crippen LogP contribution in [0.15, 0.2) is 35.2 Å². The average Bonchev–Trinajstić information content (AvgIpc) is 2.49. The summed E-state index contributed by atoms with van der Waals surface area (Å²) in [5.41, 5.74) is 5.77. The molecule has 1 aliphatic carbocycles. The van der Waals surface area contributed by atoms with E-state index in [4.69, 9.17) is 10.8 Å². The number of aliphatic hydroxyl groups is 1. The fraction of sp³-hybridized carbons (Fsp3) is 0.600. The van der Waals surface area contributed by atoms with Crippen LogP contribution in [0.3, 0.4) is 0 Å². The Balaban J connectivity index is 2.16. The standard InChI is InChI=1S/C15H23NO3S/c16-10-15(13-8-6-12(11-17)7-9-13)20(18,19)14-4-2-1-3-5-14/h1-5,12-13,15,17H,6-11,16H2. The van der Waals surface area contributed by atoms with Crippen molar-refractivity contribution in [1.82, 2.24) is 0 Å². The lowest BCUT2D eigenvalue weighted by Crippen LogP contribution is -2.39. The molecule has 0 aliphatic heterocycles. The second-order valence-electron chi connectivity index (χ2n) is 5.60. The first-order valence-electron chi connectivity index (χ1n) is 7.19. The van der Waals surface area contributed by atoms with E-state index in [2.05, 4.69) is 0 Å². The third kappa shape index (κ3) is 3.22. The molecule has 1 unspecified atom stereocenters. The summed E-state index contributed by atoms with van der Waals surface area (Å²) < 4.78 is 25.4. The highest BCUT2D eigenvalue weighted by Gasteiger charge is 2.35. The minimum absolute atomic E-state index is 0.105. The van der Waals surface area contributed by atoms with E-state index in [-0.39, 0.29) is 19.1 Å². The lowest BCUT2D eigenvalue weighted by molar-refractivity contribution is 0.166. The molecule has 1 aromatic rings. The van der Waals surface area contributed by atoms with E-state index in [1.165, 1.54) is 0 Å². The maximum Gasteiger partial charge on any atom is 0.182 e. The first kappa shape index (κ1) is 15.5. The zero-order valence-corrected chi connectivity index (χ0v) is 12.4. The van der Waals surface area contributed by atoms with Crippen LogP contribution in [-0.4, -0.2) is 31.9 Å². The van der Waals surface area contributed by atoms with Gasteiger partial charge in [0.15, 0.2) is 9.84 Å². The number of sulfone groups is 1. The summed E-state index contributed by atoms with van der Waals surface area (Å²) >= 11 is 0. The summed E-state index contributed by atoms with van der Waals surface area (Å²) in [5, 5.41) is 8.66. The molecule has 1 saturated carbocycles. The third-order valence-corrected chi connectivity index (χ3v) is 6.68. The van der Waals surface area contributed by atoms with Crippen molar-refractivity contribution in [3.8, 4) is 0 Å². The Morgan fingerprint density at radius 2 is 1.75 bits per heavy atom. The molecule has 0 spiro atoms. The Morgan fingerprint density at radius 1 is 1.15 bits per heavy atom. The summed E-state index contributed by atoms with van der Waals surface area (Å²) in [6.07, 6.45) is 3.45. The predicted octanol–water partition coefficient (Wildman–Crippen LogP) is 1.59. The summed E-state index contributed by atoms with van der Waals surface area (Å²) in [5.74, 6) is 0.428. The van der Waals surface area contributed by atoms with E-state index in [1.807, 2.05) is 6.07 Å². The van der Waals surface area contributed by atoms with E-state index in [0.29, 0.717) is 10.8 Å². The molecule has 0 saturated heterocycles. The molecule has 1 aromatic carbocycles. The zero-order chi connectivity index (χ0) is 14.6. The Hall–Kier alpha value is -0.910. The van der Waals surface area contributed by atoms with Crippen molar-refractivity contribution in [2.24, 2.45) is 17.6 Å². The van der Waals surface area contributed by atoms with Gasteiger partial charge in [0.25, 0.3) is 0 Å². The van der Waals surface area contributed by atoms with E-state index in [9.17, 15) is 8.42 Å². The molecule has 1 aliphatic rings. The van der Waals surface area contributed by atoms with Crippen LogP contribution < -0.4 is 5.73 Å². The highest BCUT2D eigenvalue weighted by atomic mass is 32.2. The van der Waals surface area contributed by atoms with Crippen molar-refractivity contribution in [3.05, 3.63) is 30.3 Å². The van der Waals surface area contributed by atoms with E-state index in [1.54, 1.807) is 24.3 Å². The van der Waals surface area contributed by atoms with Gasteiger partial charge in [-0.1, -0.05) is 18.2 Å². The van der Waals surface area contributed by atoms with Crippen molar-refractivity contribution < 1.29 is 13.5 Å². The number of hydrogen-bond donors (Lipinski definition) is 2. The summed E-state index contributed by atoms with van der Waals surface area (Å²) in [6.45, 7) is 0.358. The van der Waals surface area contributed by atoms with Crippen LogP contribution in [0.5, 0.6) is 0 Å². The largest absolute Gasteiger partial charge is 0.396 e. The molecule has 0 amide bonds. The van der Waals surface area contributed by atoms with Crippen LogP contribution >= 0.6 is 0 Å². The van der Waals surface area contributed by atoms with Crippen LogP contribution in [0.2, 0.25) is 0 Å². The van der Waals surface area contributed by atoms with Crippen molar-refractivity contribution in [1.29, 1.82) is 0 Å². The monoisotopic (exact) mass is 297 g/mol. The molecule has 20 heavy (non-hydrogen) atoms. The molecule has 4 nitrogen and oxygen atoms in total. The maximum atomic E-state index is 12.7. The third-order valence-electron chi connectivity index (χ3n) is 4.38. The molecule has 0 radical (unpaired) electrons. The number of nitrogens with two attached hydrogens (primary N) is 1. The second-order valence-corrected chi connectivity index (χ2v) is 7.76. The predicted molar refractivity (Wildman–Crippen MR) is 79.0 cm³/mol. The molecule has 1 atom stereocenters. The van der Waals surface area contributed by atoms with Gasteiger partial charge in [-0.3, -0.25) is 0 Å². The molecular weight excluding hydrogens is 274 g/mol. The Bertz CT molecular complexity index is 507. The molecule has 0 heterocycles. The van der Waals surface area contributed by atoms with Crippen molar-refractivity contribution in [3.63, 3.8) is 0 Å². The first-order chi connectivity index (χ1) is 9.59. The number of aliphatic hydroxyl groups excluding tert-OH is 1. The average molecular weight is 297 g/mol. The van der Waals surface area contributed by atoms with E-state index < -0.39 is 15.1 Å². The summed E-state index contributed by atoms with van der Waals surface area (Å²) in [6, 6.07) is 8.56. The van der Waals surface area contributed by atoms with Gasteiger partial charge in [0.05, 0.1) is 10.1 Å². The van der Waals surface area contributed by atoms with Crippen molar-refractivity contribution in [2.45, 2.75) is 35.8 Å². The minimum Gasteiger partial charge on any atom is -0.396 e. The SMILES string of the molecule is NCC(C1CCC(CO)CC1)S(=O)(=O)c1ccccc1. The smallest absolute Gasteiger partial charge is 0.182 e. The van der Waals surface area contributed by atoms with Gasteiger partial charge >= 0.3 is 0 Å². The maximum absolute atomic E-state index is 12.7. The number of hydrogen-bond acceptors (Lipinski definition) is 4. The molecule has 0 bridgehead atoms. The molecule has 2 rings (SSSR count). The van der Waals surface area contributed by atoms with Gasteiger partial charge in [0, 0.05) is 13.2 Å². The number of benzene rings is 1. The zero-order valence-electron chi connectivity index (χ0n) is 11.6. The Kier molecular flexibility index (Phi) is 5.18. The molecule has 3 N–H and O–H groups in total. The van der Waals surface area contributed by atoms with E-state index in [0.717, 1.165) is 25.7 Å². The first-order valence-corrected chi connectivity index (χ1v) is 8.74. The van der Waals surface area contributed by atoms with Gasteiger partial charge in [-0.15, -0.1) is 0 Å². The van der Waals surface area contributed by atoms with Gasteiger partial charge in [-0.25, -0.2) is 8.42 Å². The van der Waals surface area contributed by atoms with Gasteiger partial charge in [0.1, 0.15) is 0 Å². The van der Waals surface area contributed by atoms with Gasteiger partial charge < -0.3 is 10.8 Å². The van der Waals surface area contributed by atoms with Gasteiger partial charge in [-0.05, 0) is 49.7 Å². The molecule has 5 heteroatoms. The minimum atomic E-state index is -3.36. The van der Waals surface area contributed by atoms with Crippen LogP contribution in [0.4, 0.5) is 0 Å². The molecule has 0 aromatic heterocycles. The molecule has 112 valence electrons. The lowest BCUT2D eigenvalue weighted by Gasteiger charge is -2.32. The number of rotatable bonds is 5. The summed E-state index contributed by atoms with van der Waals surface area (Å²) in [7, 11) is -3.36. The van der Waals surface area contributed by atoms with Crippen LogP contribution in [0, 0.1) is 11.8 Å². The Labute approximate surface area is 120 Å². The van der Waals surface area contributed by atoms with Crippen molar-refractivity contribution in [2.75, 3.05) is 13.2 Å². The second kappa shape index (κ2) is 6.70. The molecule has 1 fully saturated rings. The highest BCUT2D eigenvalue weighted by molar-refractivity contribution is 7.92. The van der Waals surface area contributed by atoms with Crippen molar-refractivity contribution >= 4 is 9.84 Å². The topological polar surface area (TPSA) is 80.4 Å². The fourth-order valence-electron chi connectivity index (χ4n) is 3.10. The highest BCUT2D eigenvalue weighted by Crippen LogP contribution is 2.34. The van der Waals surface area contributed by atoms with Gasteiger partial charge in [0.2, 0.25) is 0 Å². The quantitative estimate of drug-likeness (QED) is 0.865. The van der Waals surface area contributed by atoms with E-state index >= 15 is 0 Å². The Morgan fingerprint density at radius 3 is 2.25 bits per heavy atom. The summed E-state index contributed by atoms with van der Waals surface area (Å²) in [4.78, 5) is 0.361. The van der Waals surface area contributed by atoms with Gasteiger partial charge in [-0.2, -0.15) is 0 Å². The van der Waals surface area contributed by atoms with Crippen LogP contribution in [0.1, 0.15) is 25.7 Å². The normalized spacial score (nSPS) is 25.3. The van der Waals surface area contributed by atoms with Crippen LogP contribution in [-0.2, 0) is 9.84 Å². The van der Waals surface area contributed by atoms with Crippen LogP contribution in [0.25, 0.3) is 0 Å². The fourth-order valence-corrected chi connectivity index (χ4v) is 5.02. The lowest BCUT2D eigenvalue weighted by atomic mass is 9.81. The molecular formula is C15H23NO3S.